The van der Waals surface area contributed by atoms with Gasteiger partial charge in [-0.05, 0) is 32.0 Å². The summed E-state index contributed by atoms with van der Waals surface area (Å²) in [5.41, 5.74) is 7.35. The summed E-state index contributed by atoms with van der Waals surface area (Å²) in [4.78, 5) is 0. The van der Waals surface area contributed by atoms with Gasteiger partial charge in [-0.2, -0.15) is 0 Å². The number of rotatable bonds is 2. The molecule has 0 amide bonds. The first kappa shape index (κ1) is 9.20. The Morgan fingerprint density at radius 3 is 2.58 bits per heavy atom. The molecule has 0 aliphatic rings. The van der Waals surface area contributed by atoms with Crippen LogP contribution in [0.1, 0.15) is 13.8 Å². The number of anilines is 2. The number of hydrogen-bond donors (Lipinski definition) is 2. The lowest BCUT2D eigenvalue weighted by atomic mass is 10.2. The minimum Gasteiger partial charge on any atom is -0.397 e. The van der Waals surface area contributed by atoms with Crippen molar-refractivity contribution in [3.8, 4) is 0 Å². The molecule has 0 saturated heterocycles. The second-order valence-electron chi connectivity index (χ2n) is 3.03. The standard InChI is InChI=1S/C9H13ClN2/c1-6(2)12-9-4-3-7(10)5-8(9)11/h3-6,12H,11H2,1-2H3. The van der Waals surface area contributed by atoms with Gasteiger partial charge in [-0.3, -0.25) is 0 Å². The maximum atomic E-state index is 5.75. The van der Waals surface area contributed by atoms with Gasteiger partial charge >= 0.3 is 0 Å². The van der Waals surface area contributed by atoms with Crippen molar-refractivity contribution in [1.82, 2.24) is 0 Å². The Kier molecular flexibility index (Phi) is 2.82. The molecule has 3 heteroatoms. The van der Waals surface area contributed by atoms with Crippen LogP contribution >= 0.6 is 11.6 Å². The summed E-state index contributed by atoms with van der Waals surface area (Å²) in [5, 5.41) is 3.88. The summed E-state index contributed by atoms with van der Waals surface area (Å²) in [6.45, 7) is 4.13. The van der Waals surface area contributed by atoms with Crippen molar-refractivity contribution in [3.63, 3.8) is 0 Å². The van der Waals surface area contributed by atoms with E-state index >= 15 is 0 Å². The van der Waals surface area contributed by atoms with Crippen LogP contribution in [0.15, 0.2) is 18.2 Å². The van der Waals surface area contributed by atoms with Gasteiger partial charge in [0.05, 0.1) is 11.4 Å². The molecule has 0 spiro atoms. The molecule has 12 heavy (non-hydrogen) atoms. The Balaban J connectivity index is 2.86. The maximum Gasteiger partial charge on any atom is 0.0576 e. The molecule has 2 nitrogen and oxygen atoms in total. The van der Waals surface area contributed by atoms with E-state index in [4.69, 9.17) is 17.3 Å². The fourth-order valence-electron chi connectivity index (χ4n) is 0.976. The Labute approximate surface area is 77.7 Å². The van der Waals surface area contributed by atoms with Gasteiger partial charge in [0.2, 0.25) is 0 Å². The predicted molar refractivity (Wildman–Crippen MR) is 54.6 cm³/mol. The van der Waals surface area contributed by atoms with Crippen molar-refractivity contribution < 1.29 is 0 Å². The van der Waals surface area contributed by atoms with Gasteiger partial charge in [-0.15, -0.1) is 0 Å². The zero-order valence-electron chi connectivity index (χ0n) is 7.26. The van der Waals surface area contributed by atoms with Gasteiger partial charge < -0.3 is 11.1 Å². The molecule has 0 aromatic heterocycles. The van der Waals surface area contributed by atoms with E-state index in [0.29, 0.717) is 16.8 Å². The molecule has 1 aromatic carbocycles. The molecule has 0 radical (unpaired) electrons. The normalized spacial score (nSPS) is 10.3. The van der Waals surface area contributed by atoms with Gasteiger partial charge in [-0.25, -0.2) is 0 Å². The van der Waals surface area contributed by atoms with E-state index in [0.717, 1.165) is 5.69 Å². The van der Waals surface area contributed by atoms with Crippen molar-refractivity contribution in [2.75, 3.05) is 11.1 Å². The molecule has 3 N–H and O–H groups in total. The minimum atomic E-state index is 0.383. The van der Waals surface area contributed by atoms with Gasteiger partial charge in [0.1, 0.15) is 0 Å². The highest BCUT2D eigenvalue weighted by Gasteiger charge is 2.00. The fraction of sp³-hybridized carbons (Fsp3) is 0.333. The number of benzene rings is 1. The molecule has 0 saturated carbocycles. The van der Waals surface area contributed by atoms with Gasteiger partial charge in [0.15, 0.2) is 0 Å². The van der Waals surface area contributed by atoms with Crippen molar-refractivity contribution in [2.24, 2.45) is 0 Å². The number of halogens is 1. The summed E-state index contributed by atoms with van der Waals surface area (Å²) in [6, 6.07) is 5.83. The average molecular weight is 185 g/mol. The second kappa shape index (κ2) is 3.68. The fourth-order valence-corrected chi connectivity index (χ4v) is 1.16. The molecular formula is C9H13ClN2. The molecule has 0 bridgehead atoms. The molecule has 0 atom stereocenters. The Hall–Kier alpha value is -0.890. The van der Waals surface area contributed by atoms with Crippen LogP contribution in [0.5, 0.6) is 0 Å². The van der Waals surface area contributed by atoms with Crippen LogP contribution in [-0.2, 0) is 0 Å². The summed E-state index contributed by atoms with van der Waals surface area (Å²) < 4.78 is 0. The summed E-state index contributed by atoms with van der Waals surface area (Å²) in [5.74, 6) is 0. The Morgan fingerprint density at radius 1 is 1.42 bits per heavy atom. The molecule has 0 fully saturated rings. The third-order valence-corrected chi connectivity index (χ3v) is 1.69. The average Bonchev–Trinajstić information content (AvgIpc) is 1.94. The first-order chi connectivity index (χ1) is 5.59. The largest absolute Gasteiger partial charge is 0.397 e. The lowest BCUT2D eigenvalue weighted by Gasteiger charge is -2.12. The third kappa shape index (κ3) is 2.31. The Morgan fingerprint density at radius 2 is 2.08 bits per heavy atom. The highest BCUT2D eigenvalue weighted by molar-refractivity contribution is 6.31. The van der Waals surface area contributed by atoms with Crippen LogP contribution < -0.4 is 11.1 Å². The van der Waals surface area contributed by atoms with E-state index in [2.05, 4.69) is 19.2 Å². The first-order valence-electron chi connectivity index (χ1n) is 3.91. The molecule has 0 aliphatic heterocycles. The molecule has 1 rings (SSSR count). The van der Waals surface area contributed by atoms with Crippen LogP contribution in [0.3, 0.4) is 0 Å². The Bertz CT molecular complexity index is 271. The highest BCUT2D eigenvalue weighted by Crippen LogP contribution is 2.22. The van der Waals surface area contributed by atoms with Crippen LogP contribution in [0.4, 0.5) is 11.4 Å². The van der Waals surface area contributed by atoms with E-state index in [9.17, 15) is 0 Å². The zero-order valence-corrected chi connectivity index (χ0v) is 8.02. The van der Waals surface area contributed by atoms with Gasteiger partial charge in [-0.1, -0.05) is 11.6 Å². The highest BCUT2D eigenvalue weighted by atomic mass is 35.5. The maximum absolute atomic E-state index is 5.75. The zero-order chi connectivity index (χ0) is 9.14. The molecule has 66 valence electrons. The number of nitrogen functional groups attached to an aromatic ring is 1. The van der Waals surface area contributed by atoms with Crippen molar-refractivity contribution in [1.29, 1.82) is 0 Å². The lowest BCUT2D eigenvalue weighted by Crippen LogP contribution is -2.11. The third-order valence-electron chi connectivity index (χ3n) is 1.46. The second-order valence-corrected chi connectivity index (χ2v) is 3.47. The smallest absolute Gasteiger partial charge is 0.0576 e. The minimum absolute atomic E-state index is 0.383. The van der Waals surface area contributed by atoms with E-state index in [1.165, 1.54) is 0 Å². The summed E-state index contributed by atoms with van der Waals surface area (Å²) in [6.07, 6.45) is 0. The molecule has 0 heterocycles. The van der Waals surface area contributed by atoms with Crippen LogP contribution in [0, 0.1) is 0 Å². The van der Waals surface area contributed by atoms with Gasteiger partial charge in [0, 0.05) is 11.1 Å². The number of nitrogens with one attached hydrogen (secondary N) is 1. The SMILES string of the molecule is CC(C)Nc1ccc(Cl)cc1N. The van der Waals surface area contributed by atoms with E-state index in [1.807, 2.05) is 12.1 Å². The monoisotopic (exact) mass is 184 g/mol. The molecule has 0 unspecified atom stereocenters. The van der Waals surface area contributed by atoms with Crippen molar-refractivity contribution in [2.45, 2.75) is 19.9 Å². The molecular weight excluding hydrogens is 172 g/mol. The summed E-state index contributed by atoms with van der Waals surface area (Å²) >= 11 is 5.75. The molecule has 0 aliphatic carbocycles. The van der Waals surface area contributed by atoms with Crippen LogP contribution in [0.2, 0.25) is 5.02 Å². The van der Waals surface area contributed by atoms with E-state index in [-0.39, 0.29) is 0 Å². The number of nitrogens with two attached hydrogens (primary N) is 1. The van der Waals surface area contributed by atoms with Crippen LogP contribution in [0.25, 0.3) is 0 Å². The lowest BCUT2D eigenvalue weighted by molar-refractivity contribution is 0.900. The van der Waals surface area contributed by atoms with E-state index < -0.39 is 0 Å². The van der Waals surface area contributed by atoms with Crippen molar-refractivity contribution >= 4 is 23.0 Å². The molecule has 1 aromatic rings. The topological polar surface area (TPSA) is 38.0 Å². The number of hydrogen-bond acceptors (Lipinski definition) is 2. The quantitative estimate of drug-likeness (QED) is 0.694. The van der Waals surface area contributed by atoms with Crippen molar-refractivity contribution in [3.05, 3.63) is 23.2 Å². The van der Waals surface area contributed by atoms with E-state index in [1.54, 1.807) is 6.07 Å². The summed E-state index contributed by atoms with van der Waals surface area (Å²) in [7, 11) is 0. The first-order valence-corrected chi connectivity index (χ1v) is 4.29. The van der Waals surface area contributed by atoms with Gasteiger partial charge in [0.25, 0.3) is 0 Å². The predicted octanol–water partition coefficient (Wildman–Crippen LogP) is 2.74. The van der Waals surface area contributed by atoms with Crippen LogP contribution in [-0.4, -0.2) is 6.04 Å².